The summed E-state index contributed by atoms with van der Waals surface area (Å²) in [6, 6.07) is 6.50. The molecule has 8 heteroatoms. The van der Waals surface area contributed by atoms with Crippen LogP contribution in [0.2, 0.25) is 0 Å². The number of hydrogen-bond acceptors (Lipinski definition) is 6. The normalized spacial score (nSPS) is 26.3. The van der Waals surface area contributed by atoms with Gasteiger partial charge in [-0.2, -0.15) is 0 Å². The monoisotopic (exact) mass is 298 g/mol. The second-order valence-electron chi connectivity index (χ2n) is 4.83. The molecule has 0 bridgehead atoms. The molecule has 5 atom stereocenters. The molecule has 0 spiro atoms. The van der Waals surface area contributed by atoms with Crippen molar-refractivity contribution in [1.29, 1.82) is 0 Å². The predicted molar refractivity (Wildman–Crippen MR) is 72.4 cm³/mol. The zero-order valence-electron chi connectivity index (χ0n) is 11.1. The van der Waals surface area contributed by atoms with Crippen LogP contribution in [0.3, 0.4) is 0 Å². The van der Waals surface area contributed by atoms with Crippen molar-refractivity contribution in [2.75, 3.05) is 11.5 Å². The highest BCUT2D eigenvalue weighted by Gasteiger charge is 2.45. The number of anilines is 1. The van der Waals surface area contributed by atoms with E-state index in [1.54, 1.807) is 30.3 Å². The van der Waals surface area contributed by atoms with Gasteiger partial charge in [0, 0.05) is 5.69 Å². The minimum Gasteiger partial charge on any atom is -0.394 e. The fourth-order valence-corrected chi connectivity index (χ4v) is 2.24. The highest BCUT2D eigenvalue weighted by Crippen LogP contribution is 2.24. The van der Waals surface area contributed by atoms with E-state index >= 15 is 0 Å². The number of nitrogens with one attached hydrogen (secondary N) is 1. The summed E-state index contributed by atoms with van der Waals surface area (Å²) in [6.07, 6.45) is -6.34. The van der Waals surface area contributed by atoms with E-state index in [1.807, 2.05) is 0 Å². The van der Waals surface area contributed by atoms with Crippen molar-refractivity contribution in [2.24, 2.45) is 0 Å². The smallest absolute Gasteiger partial charge is 0.324 e. The molecule has 21 heavy (non-hydrogen) atoms. The van der Waals surface area contributed by atoms with Gasteiger partial charge in [0.05, 0.1) is 6.61 Å². The lowest BCUT2D eigenvalue weighted by Crippen LogP contribution is -2.53. The van der Waals surface area contributed by atoms with E-state index in [2.05, 4.69) is 5.32 Å². The summed E-state index contributed by atoms with van der Waals surface area (Å²) in [5.41, 5.74) is 0.425. The van der Waals surface area contributed by atoms with Crippen molar-refractivity contribution < 1.29 is 30.3 Å². The number of benzene rings is 1. The van der Waals surface area contributed by atoms with Gasteiger partial charge in [0.25, 0.3) is 0 Å². The summed E-state index contributed by atoms with van der Waals surface area (Å²) in [5, 5.41) is 50.2. The van der Waals surface area contributed by atoms with Crippen molar-refractivity contribution in [3.05, 3.63) is 30.3 Å². The van der Waals surface area contributed by atoms with Gasteiger partial charge in [-0.15, -0.1) is 0 Å². The first-order valence-electron chi connectivity index (χ1n) is 6.45. The Kier molecular flexibility index (Phi) is 4.76. The van der Waals surface area contributed by atoms with Gasteiger partial charge >= 0.3 is 6.03 Å². The van der Waals surface area contributed by atoms with Gasteiger partial charge in [-0.3, -0.25) is 4.90 Å². The molecule has 0 radical (unpaired) electrons. The van der Waals surface area contributed by atoms with Crippen LogP contribution < -0.4 is 10.2 Å². The zero-order chi connectivity index (χ0) is 15.6. The molecule has 116 valence electrons. The van der Waals surface area contributed by atoms with Crippen molar-refractivity contribution in [1.82, 2.24) is 5.32 Å². The standard InChI is InChI=1S/C13H18N2O6/c16-6-8(17)10(18)11(19)9-12(20)15(13(21)14-9)7-4-2-1-3-5-7/h1-5,8-12,16-20H,6H2,(H,14,21)/t8-,9-,10+,11-,12-/m1/s1. The van der Waals surface area contributed by atoms with E-state index in [-0.39, 0.29) is 0 Å². The number of amides is 2. The van der Waals surface area contributed by atoms with Crippen LogP contribution in [0.4, 0.5) is 10.5 Å². The molecule has 1 aliphatic heterocycles. The molecule has 0 aliphatic carbocycles. The average molecular weight is 298 g/mol. The van der Waals surface area contributed by atoms with Gasteiger partial charge in [-0.1, -0.05) is 18.2 Å². The molecule has 0 unspecified atom stereocenters. The number of carbonyl (C=O) groups is 1. The topological polar surface area (TPSA) is 133 Å². The summed E-state index contributed by atoms with van der Waals surface area (Å²) < 4.78 is 0. The van der Waals surface area contributed by atoms with Crippen LogP contribution in [0.25, 0.3) is 0 Å². The lowest BCUT2D eigenvalue weighted by molar-refractivity contribution is -0.0947. The number of nitrogens with zero attached hydrogens (tertiary/aromatic N) is 1. The van der Waals surface area contributed by atoms with Gasteiger partial charge in [-0.25, -0.2) is 4.79 Å². The third-order valence-corrected chi connectivity index (χ3v) is 3.43. The Balaban J connectivity index is 2.16. The Labute approximate surface area is 120 Å². The number of aliphatic hydroxyl groups is 5. The second kappa shape index (κ2) is 6.37. The SMILES string of the molecule is O=C1N[C@H]([C@@H](O)[C@@H](O)[C@H](O)CO)[C@@H](O)N1c1ccccc1. The van der Waals surface area contributed by atoms with Gasteiger partial charge < -0.3 is 30.8 Å². The van der Waals surface area contributed by atoms with E-state index in [0.29, 0.717) is 5.69 Å². The summed E-state index contributed by atoms with van der Waals surface area (Å²) in [6.45, 7) is -0.753. The Morgan fingerprint density at radius 2 is 1.81 bits per heavy atom. The van der Waals surface area contributed by atoms with E-state index in [9.17, 15) is 25.2 Å². The van der Waals surface area contributed by atoms with E-state index < -0.39 is 43.2 Å². The van der Waals surface area contributed by atoms with E-state index in [0.717, 1.165) is 4.90 Å². The summed E-state index contributed by atoms with van der Waals surface area (Å²) in [7, 11) is 0. The largest absolute Gasteiger partial charge is 0.394 e. The number of para-hydroxylation sites is 1. The molecule has 1 aromatic rings. The highest BCUT2D eigenvalue weighted by molar-refractivity contribution is 5.95. The maximum absolute atomic E-state index is 11.9. The quantitative estimate of drug-likeness (QED) is 0.372. The Morgan fingerprint density at radius 3 is 2.38 bits per heavy atom. The summed E-state index contributed by atoms with van der Waals surface area (Å²) in [4.78, 5) is 12.9. The third-order valence-electron chi connectivity index (χ3n) is 3.43. The number of urea groups is 1. The molecule has 0 saturated carbocycles. The number of aliphatic hydroxyl groups excluding tert-OH is 5. The molecule has 1 aliphatic rings. The van der Waals surface area contributed by atoms with Gasteiger partial charge in [0.2, 0.25) is 0 Å². The fraction of sp³-hybridized carbons (Fsp3) is 0.462. The fourth-order valence-electron chi connectivity index (χ4n) is 2.24. The predicted octanol–water partition coefficient (Wildman–Crippen LogP) is -2.02. The van der Waals surface area contributed by atoms with Gasteiger partial charge in [0.1, 0.15) is 24.4 Å². The third kappa shape index (κ3) is 2.99. The molecular weight excluding hydrogens is 280 g/mol. The molecule has 2 rings (SSSR count). The zero-order valence-corrected chi connectivity index (χ0v) is 11.1. The van der Waals surface area contributed by atoms with Crippen LogP contribution in [0, 0.1) is 0 Å². The van der Waals surface area contributed by atoms with Crippen LogP contribution in [-0.4, -0.2) is 68.8 Å². The number of carbonyl (C=O) groups excluding carboxylic acids is 1. The van der Waals surface area contributed by atoms with Crippen molar-refractivity contribution in [2.45, 2.75) is 30.6 Å². The lowest BCUT2D eigenvalue weighted by atomic mass is 10.0. The minimum atomic E-state index is -1.70. The molecule has 1 aromatic carbocycles. The Hall–Kier alpha value is -1.71. The maximum atomic E-state index is 11.9. The number of rotatable bonds is 5. The highest BCUT2D eigenvalue weighted by atomic mass is 16.4. The first kappa shape index (κ1) is 15.7. The van der Waals surface area contributed by atoms with Crippen LogP contribution >= 0.6 is 0 Å². The van der Waals surface area contributed by atoms with Crippen LogP contribution in [0.5, 0.6) is 0 Å². The first-order chi connectivity index (χ1) is 9.97. The first-order valence-corrected chi connectivity index (χ1v) is 6.45. The minimum absolute atomic E-state index is 0.425. The average Bonchev–Trinajstić information content (AvgIpc) is 2.80. The molecule has 8 nitrogen and oxygen atoms in total. The molecule has 6 N–H and O–H groups in total. The number of hydrogen-bond donors (Lipinski definition) is 6. The molecule has 0 aromatic heterocycles. The van der Waals surface area contributed by atoms with Gasteiger partial charge in [0.15, 0.2) is 6.23 Å². The molecule has 1 heterocycles. The van der Waals surface area contributed by atoms with Crippen LogP contribution in [-0.2, 0) is 0 Å². The maximum Gasteiger partial charge on any atom is 0.324 e. The summed E-state index contributed by atoms with van der Waals surface area (Å²) >= 11 is 0. The van der Waals surface area contributed by atoms with E-state index in [1.165, 1.54) is 0 Å². The van der Waals surface area contributed by atoms with Crippen LogP contribution in [0.1, 0.15) is 0 Å². The molecule has 2 amide bonds. The van der Waals surface area contributed by atoms with Crippen LogP contribution in [0.15, 0.2) is 30.3 Å². The van der Waals surface area contributed by atoms with E-state index in [4.69, 9.17) is 5.11 Å². The summed E-state index contributed by atoms with van der Waals surface area (Å²) in [5.74, 6) is 0. The molecule has 1 fully saturated rings. The molecule has 1 saturated heterocycles. The Bertz CT molecular complexity index is 485. The van der Waals surface area contributed by atoms with Crippen molar-refractivity contribution >= 4 is 11.7 Å². The lowest BCUT2D eigenvalue weighted by Gasteiger charge is -2.28. The second-order valence-corrected chi connectivity index (χ2v) is 4.83. The van der Waals surface area contributed by atoms with Gasteiger partial charge in [-0.05, 0) is 12.1 Å². The van der Waals surface area contributed by atoms with Crippen molar-refractivity contribution in [3.8, 4) is 0 Å². The molecular formula is C13H18N2O6. The van der Waals surface area contributed by atoms with Crippen molar-refractivity contribution in [3.63, 3.8) is 0 Å². The Morgan fingerprint density at radius 1 is 1.19 bits per heavy atom.